The molecule has 0 aliphatic heterocycles. The number of aryl methyl sites for hydroxylation is 1. The Bertz CT molecular complexity index is 519. The highest BCUT2D eigenvalue weighted by molar-refractivity contribution is 5.74. The van der Waals surface area contributed by atoms with E-state index in [2.05, 4.69) is 29.5 Å². The third kappa shape index (κ3) is 4.67. The number of amides is 2. The lowest BCUT2D eigenvalue weighted by Crippen LogP contribution is -2.49. The van der Waals surface area contributed by atoms with Crippen LogP contribution in [0.5, 0.6) is 0 Å². The summed E-state index contributed by atoms with van der Waals surface area (Å²) in [5, 5.41) is 15.6. The fraction of sp³-hybridized carbons (Fsp3) is 0.667. The molecule has 1 aliphatic rings. The van der Waals surface area contributed by atoms with Crippen molar-refractivity contribution in [2.45, 2.75) is 58.5 Å². The van der Waals surface area contributed by atoms with Crippen molar-refractivity contribution in [1.29, 1.82) is 0 Å². The third-order valence-electron chi connectivity index (χ3n) is 4.76. The number of pyridine rings is 1. The van der Waals surface area contributed by atoms with Gasteiger partial charge in [-0.05, 0) is 37.3 Å². The van der Waals surface area contributed by atoms with Crippen LogP contribution in [0.3, 0.4) is 0 Å². The summed E-state index contributed by atoms with van der Waals surface area (Å²) < 4.78 is 0. The van der Waals surface area contributed by atoms with Crippen LogP contribution in [0, 0.1) is 18.8 Å². The Morgan fingerprint density at radius 2 is 2.13 bits per heavy atom. The number of aliphatic hydroxyl groups excluding tert-OH is 1. The van der Waals surface area contributed by atoms with E-state index in [4.69, 9.17) is 0 Å². The Balaban J connectivity index is 2.02. The van der Waals surface area contributed by atoms with E-state index in [-0.39, 0.29) is 36.6 Å². The molecule has 0 aromatic carbocycles. The molecule has 2 amide bonds. The predicted molar refractivity (Wildman–Crippen MR) is 91.1 cm³/mol. The van der Waals surface area contributed by atoms with E-state index >= 15 is 0 Å². The molecule has 2 rings (SSSR count). The van der Waals surface area contributed by atoms with Gasteiger partial charge in [-0.1, -0.05) is 32.8 Å². The molecule has 128 valence electrons. The zero-order valence-corrected chi connectivity index (χ0v) is 14.4. The maximum Gasteiger partial charge on any atom is 0.315 e. The van der Waals surface area contributed by atoms with Crippen LogP contribution in [0.1, 0.15) is 56.8 Å². The summed E-state index contributed by atoms with van der Waals surface area (Å²) in [6, 6.07) is 3.70. The number of carbonyl (C=O) groups is 1. The first kappa shape index (κ1) is 17.7. The third-order valence-corrected chi connectivity index (χ3v) is 4.76. The summed E-state index contributed by atoms with van der Waals surface area (Å²) in [6.07, 6.45) is 5.92. The van der Waals surface area contributed by atoms with E-state index in [1.54, 1.807) is 6.20 Å². The van der Waals surface area contributed by atoms with Crippen molar-refractivity contribution < 1.29 is 9.90 Å². The minimum absolute atomic E-state index is 0.0615. The van der Waals surface area contributed by atoms with Crippen molar-refractivity contribution in [3.8, 4) is 0 Å². The van der Waals surface area contributed by atoms with Gasteiger partial charge in [0.2, 0.25) is 0 Å². The average molecular weight is 319 g/mol. The second-order valence-electron chi connectivity index (χ2n) is 6.88. The topological polar surface area (TPSA) is 74.2 Å². The van der Waals surface area contributed by atoms with Crippen LogP contribution in [-0.2, 0) is 0 Å². The molecule has 23 heavy (non-hydrogen) atoms. The molecule has 0 spiro atoms. The molecule has 0 bridgehead atoms. The minimum atomic E-state index is -0.167. The Labute approximate surface area is 138 Å². The quantitative estimate of drug-likeness (QED) is 0.781. The van der Waals surface area contributed by atoms with Crippen molar-refractivity contribution >= 4 is 6.03 Å². The van der Waals surface area contributed by atoms with Crippen molar-refractivity contribution in [2.75, 3.05) is 6.61 Å². The molecule has 5 heteroatoms. The lowest BCUT2D eigenvalue weighted by Gasteiger charge is -2.32. The van der Waals surface area contributed by atoms with Crippen LogP contribution in [-0.4, -0.2) is 28.8 Å². The van der Waals surface area contributed by atoms with Gasteiger partial charge in [-0.25, -0.2) is 4.79 Å². The number of urea groups is 1. The molecule has 5 nitrogen and oxygen atoms in total. The molecule has 1 fully saturated rings. The fourth-order valence-corrected chi connectivity index (χ4v) is 3.34. The highest BCUT2D eigenvalue weighted by Crippen LogP contribution is 2.25. The largest absolute Gasteiger partial charge is 0.396 e. The lowest BCUT2D eigenvalue weighted by molar-refractivity contribution is 0.152. The van der Waals surface area contributed by atoms with Gasteiger partial charge >= 0.3 is 6.03 Å². The summed E-state index contributed by atoms with van der Waals surface area (Å²) >= 11 is 0. The highest BCUT2D eigenvalue weighted by Gasteiger charge is 2.27. The zero-order valence-electron chi connectivity index (χ0n) is 14.4. The number of hydrogen-bond donors (Lipinski definition) is 3. The van der Waals surface area contributed by atoms with Gasteiger partial charge in [0.1, 0.15) is 0 Å². The molecule has 0 saturated heterocycles. The van der Waals surface area contributed by atoms with Crippen LogP contribution in [0.25, 0.3) is 0 Å². The second kappa shape index (κ2) is 8.29. The first-order valence-corrected chi connectivity index (χ1v) is 8.62. The van der Waals surface area contributed by atoms with Crippen molar-refractivity contribution in [3.05, 3.63) is 29.6 Å². The smallest absolute Gasteiger partial charge is 0.315 e. The Kier molecular flexibility index (Phi) is 6.39. The number of nitrogens with zero attached hydrogens (tertiary/aromatic N) is 1. The zero-order chi connectivity index (χ0) is 16.8. The predicted octanol–water partition coefficient (Wildman–Crippen LogP) is 2.94. The van der Waals surface area contributed by atoms with E-state index in [0.29, 0.717) is 0 Å². The number of aliphatic hydroxyl groups is 1. The lowest BCUT2D eigenvalue weighted by atomic mass is 9.85. The van der Waals surface area contributed by atoms with E-state index in [1.165, 1.54) is 0 Å². The van der Waals surface area contributed by atoms with Gasteiger partial charge in [-0.3, -0.25) is 4.98 Å². The summed E-state index contributed by atoms with van der Waals surface area (Å²) in [6.45, 7) is 6.31. The van der Waals surface area contributed by atoms with Crippen LogP contribution in [0.4, 0.5) is 4.79 Å². The monoisotopic (exact) mass is 319 g/mol. The SMILES string of the molecule is Cc1cccnc1C(NC(=O)NC1CCCCC1CO)C(C)C. The fourth-order valence-electron chi connectivity index (χ4n) is 3.34. The minimum Gasteiger partial charge on any atom is -0.396 e. The highest BCUT2D eigenvalue weighted by atomic mass is 16.3. The number of nitrogens with one attached hydrogen (secondary N) is 2. The molecule has 3 atom stereocenters. The number of aromatic nitrogens is 1. The van der Waals surface area contributed by atoms with Gasteiger partial charge in [-0.2, -0.15) is 0 Å². The second-order valence-corrected chi connectivity index (χ2v) is 6.88. The number of carbonyl (C=O) groups excluding carboxylic acids is 1. The Morgan fingerprint density at radius 1 is 1.39 bits per heavy atom. The average Bonchev–Trinajstić information content (AvgIpc) is 2.53. The standard InChI is InChI=1S/C18H29N3O2/c1-12(2)16(17-13(3)7-6-10-19-17)21-18(23)20-15-9-5-4-8-14(15)11-22/h6-7,10,12,14-16,22H,4-5,8-9,11H2,1-3H3,(H2,20,21,23). The van der Waals surface area contributed by atoms with Crippen LogP contribution >= 0.6 is 0 Å². The first-order chi connectivity index (χ1) is 11.0. The molecule has 1 aromatic heterocycles. The van der Waals surface area contributed by atoms with Gasteiger partial charge in [0.25, 0.3) is 0 Å². The van der Waals surface area contributed by atoms with E-state index < -0.39 is 0 Å². The maximum atomic E-state index is 12.4. The van der Waals surface area contributed by atoms with Gasteiger partial charge in [-0.15, -0.1) is 0 Å². The van der Waals surface area contributed by atoms with E-state index in [9.17, 15) is 9.90 Å². The van der Waals surface area contributed by atoms with Gasteiger partial charge in [0.15, 0.2) is 0 Å². The Hall–Kier alpha value is -1.62. The summed E-state index contributed by atoms with van der Waals surface area (Å²) in [5.74, 6) is 0.415. The first-order valence-electron chi connectivity index (χ1n) is 8.62. The molecular weight excluding hydrogens is 290 g/mol. The molecule has 3 unspecified atom stereocenters. The van der Waals surface area contributed by atoms with Crippen molar-refractivity contribution in [1.82, 2.24) is 15.6 Å². The van der Waals surface area contributed by atoms with Crippen molar-refractivity contribution in [3.63, 3.8) is 0 Å². The molecule has 0 radical (unpaired) electrons. The van der Waals surface area contributed by atoms with E-state index in [1.807, 2.05) is 19.1 Å². The number of hydrogen-bond acceptors (Lipinski definition) is 3. The molecule has 1 aromatic rings. The van der Waals surface area contributed by atoms with Gasteiger partial charge in [0.05, 0.1) is 11.7 Å². The van der Waals surface area contributed by atoms with Crippen LogP contribution in [0.15, 0.2) is 18.3 Å². The van der Waals surface area contributed by atoms with E-state index in [0.717, 1.165) is 36.9 Å². The summed E-state index contributed by atoms with van der Waals surface area (Å²) in [4.78, 5) is 16.9. The van der Waals surface area contributed by atoms with Crippen LogP contribution in [0.2, 0.25) is 0 Å². The molecule has 1 saturated carbocycles. The maximum absolute atomic E-state index is 12.4. The molecule has 1 heterocycles. The van der Waals surface area contributed by atoms with Crippen LogP contribution < -0.4 is 10.6 Å². The van der Waals surface area contributed by atoms with Gasteiger partial charge < -0.3 is 15.7 Å². The molecule has 3 N–H and O–H groups in total. The molecular formula is C18H29N3O2. The molecule has 1 aliphatic carbocycles. The Morgan fingerprint density at radius 3 is 2.78 bits per heavy atom. The van der Waals surface area contributed by atoms with Gasteiger partial charge in [0, 0.05) is 24.8 Å². The summed E-state index contributed by atoms with van der Waals surface area (Å²) in [7, 11) is 0. The summed E-state index contributed by atoms with van der Waals surface area (Å²) in [5.41, 5.74) is 2.00. The normalized spacial score (nSPS) is 22.7. The number of rotatable bonds is 5. The van der Waals surface area contributed by atoms with Crippen molar-refractivity contribution in [2.24, 2.45) is 11.8 Å².